The molecule has 6 nitrogen and oxygen atoms in total. The van der Waals surface area contributed by atoms with Crippen molar-refractivity contribution in [1.29, 1.82) is 0 Å². The van der Waals surface area contributed by atoms with Crippen LogP contribution in [0.15, 0.2) is 48.0 Å². The van der Waals surface area contributed by atoms with E-state index in [2.05, 4.69) is 10.3 Å². The Hall–Kier alpha value is -3.00. The average molecular weight is 359 g/mol. The van der Waals surface area contributed by atoms with Crippen LogP contribution in [0.5, 0.6) is 0 Å². The Morgan fingerprint density at radius 2 is 2.04 bits per heavy atom. The van der Waals surface area contributed by atoms with Crippen molar-refractivity contribution in [2.24, 2.45) is 7.05 Å². The van der Waals surface area contributed by atoms with Crippen LogP contribution in [0.4, 0.5) is 9.52 Å². The lowest BCUT2D eigenvalue weighted by atomic mass is 10.2. The van der Waals surface area contributed by atoms with Crippen LogP contribution < -0.4 is 5.32 Å². The third-order valence-corrected chi connectivity index (χ3v) is 4.14. The summed E-state index contributed by atoms with van der Waals surface area (Å²) in [5.41, 5.74) is 1.73. The van der Waals surface area contributed by atoms with Gasteiger partial charge in [-0.05, 0) is 36.4 Å². The molecule has 0 bridgehead atoms. The number of esters is 1. The van der Waals surface area contributed by atoms with Crippen molar-refractivity contribution in [3.05, 3.63) is 59.5 Å². The molecule has 1 aromatic carbocycles. The van der Waals surface area contributed by atoms with Crippen molar-refractivity contribution in [1.82, 2.24) is 9.55 Å². The number of amides is 1. The van der Waals surface area contributed by atoms with Crippen molar-refractivity contribution in [2.45, 2.75) is 0 Å². The highest BCUT2D eigenvalue weighted by Gasteiger charge is 2.14. The molecule has 0 spiro atoms. The number of benzene rings is 1. The molecule has 3 aromatic rings. The molecule has 128 valence electrons. The summed E-state index contributed by atoms with van der Waals surface area (Å²) in [7, 11) is 1.71. The summed E-state index contributed by atoms with van der Waals surface area (Å²) in [6.45, 7) is -0.407. The number of aromatic nitrogens is 2. The Kier molecular flexibility index (Phi) is 4.90. The molecular weight excluding hydrogens is 345 g/mol. The third-order valence-electron chi connectivity index (χ3n) is 3.38. The van der Waals surface area contributed by atoms with Gasteiger partial charge in [0, 0.05) is 24.2 Å². The number of halogens is 1. The number of ether oxygens (including phenoxy) is 1. The molecule has 0 radical (unpaired) electrons. The lowest BCUT2D eigenvalue weighted by molar-refractivity contribution is -0.119. The van der Waals surface area contributed by atoms with Crippen molar-refractivity contribution >= 4 is 28.3 Å². The summed E-state index contributed by atoms with van der Waals surface area (Å²) >= 11 is 1.23. The lowest BCUT2D eigenvalue weighted by Gasteiger charge is -2.05. The van der Waals surface area contributed by atoms with Crippen LogP contribution in [-0.4, -0.2) is 28.0 Å². The summed E-state index contributed by atoms with van der Waals surface area (Å²) in [6, 6.07) is 9.22. The second kappa shape index (κ2) is 7.27. The first-order chi connectivity index (χ1) is 12.0. The zero-order chi connectivity index (χ0) is 17.8. The summed E-state index contributed by atoms with van der Waals surface area (Å²) in [6.07, 6.45) is 1.71. The van der Waals surface area contributed by atoms with Gasteiger partial charge >= 0.3 is 5.97 Å². The molecule has 1 N–H and O–H groups in total. The van der Waals surface area contributed by atoms with Gasteiger partial charge in [-0.3, -0.25) is 10.1 Å². The van der Waals surface area contributed by atoms with E-state index in [-0.39, 0.29) is 5.82 Å². The molecule has 0 aliphatic heterocycles. The summed E-state index contributed by atoms with van der Waals surface area (Å²) in [5.74, 6) is -1.39. The second-order valence-electron chi connectivity index (χ2n) is 5.17. The molecule has 0 unspecified atom stereocenters. The van der Waals surface area contributed by atoms with Crippen molar-refractivity contribution in [3.8, 4) is 11.3 Å². The number of hydrogen-bond donors (Lipinski definition) is 1. The molecule has 0 aliphatic carbocycles. The molecule has 0 saturated heterocycles. The van der Waals surface area contributed by atoms with Gasteiger partial charge in [-0.1, -0.05) is 0 Å². The minimum Gasteiger partial charge on any atom is -0.451 e. The number of thiazole rings is 1. The SMILES string of the molecule is Cn1cccc1C(=O)OCC(=O)Nc1nc(-c2ccc(F)cc2)cs1. The smallest absolute Gasteiger partial charge is 0.355 e. The fraction of sp³-hybridized carbons (Fsp3) is 0.118. The average Bonchev–Trinajstić information content (AvgIpc) is 3.22. The molecule has 0 saturated carbocycles. The molecule has 25 heavy (non-hydrogen) atoms. The molecule has 3 rings (SSSR count). The number of carbonyl (C=O) groups is 2. The van der Waals surface area contributed by atoms with Crippen LogP contribution in [-0.2, 0) is 16.6 Å². The van der Waals surface area contributed by atoms with Gasteiger partial charge in [0.1, 0.15) is 11.5 Å². The second-order valence-corrected chi connectivity index (χ2v) is 6.03. The van der Waals surface area contributed by atoms with E-state index in [4.69, 9.17) is 4.74 Å². The van der Waals surface area contributed by atoms with Crippen LogP contribution in [0.1, 0.15) is 10.5 Å². The first-order valence-electron chi connectivity index (χ1n) is 7.33. The molecule has 2 aromatic heterocycles. The highest BCUT2D eigenvalue weighted by atomic mass is 32.1. The first kappa shape index (κ1) is 16.8. The van der Waals surface area contributed by atoms with Crippen LogP contribution in [0.3, 0.4) is 0 Å². The quantitative estimate of drug-likeness (QED) is 0.711. The molecule has 2 heterocycles. The maximum absolute atomic E-state index is 12.9. The van der Waals surface area contributed by atoms with Crippen molar-refractivity contribution in [3.63, 3.8) is 0 Å². The van der Waals surface area contributed by atoms with E-state index < -0.39 is 18.5 Å². The highest BCUT2D eigenvalue weighted by molar-refractivity contribution is 7.14. The Morgan fingerprint density at radius 1 is 1.28 bits per heavy atom. The number of carbonyl (C=O) groups excluding carboxylic acids is 2. The summed E-state index contributed by atoms with van der Waals surface area (Å²) < 4.78 is 19.5. The summed E-state index contributed by atoms with van der Waals surface area (Å²) in [4.78, 5) is 28.0. The van der Waals surface area contributed by atoms with Crippen LogP contribution in [0.25, 0.3) is 11.3 Å². The zero-order valence-electron chi connectivity index (χ0n) is 13.2. The third kappa shape index (κ3) is 4.10. The highest BCUT2D eigenvalue weighted by Crippen LogP contribution is 2.24. The molecule has 0 fully saturated rings. The van der Waals surface area contributed by atoms with Gasteiger partial charge in [-0.2, -0.15) is 0 Å². The molecule has 1 amide bonds. The lowest BCUT2D eigenvalue weighted by Crippen LogP contribution is -2.21. The Labute approximate surface area is 146 Å². The number of hydrogen-bond acceptors (Lipinski definition) is 5. The molecule has 8 heteroatoms. The van der Waals surface area contributed by atoms with E-state index >= 15 is 0 Å². The van der Waals surface area contributed by atoms with E-state index in [9.17, 15) is 14.0 Å². The number of rotatable bonds is 5. The van der Waals surface area contributed by atoms with Gasteiger partial charge in [0.05, 0.1) is 5.69 Å². The van der Waals surface area contributed by atoms with Gasteiger partial charge in [0.15, 0.2) is 11.7 Å². The van der Waals surface area contributed by atoms with Gasteiger partial charge in [-0.15, -0.1) is 11.3 Å². The van der Waals surface area contributed by atoms with Crippen molar-refractivity contribution < 1.29 is 18.7 Å². The maximum Gasteiger partial charge on any atom is 0.355 e. The normalized spacial score (nSPS) is 10.5. The molecular formula is C17H14FN3O3S. The Balaban J connectivity index is 1.56. The van der Waals surface area contributed by atoms with Gasteiger partial charge in [0.25, 0.3) is 5.91 Å². The number of anilines is 1. The Morgan fingerprint density at radius 3 is 2.72 bits per heavy atom. The van der Waals surface area contributed by atoms with Gasteiger partial charge < -0.3 is 9.30 Å². The summed E-state index contributed by atoms with van der Waals surface area (Å²) in [5, 5.41) is 4.69. The minimum absolute atomic E-state index is 0.326. The fourth-order valence-electron chi connectivity index (χ4n) is 2.12. The Bertz CT molecular complexity index is 902. The zero-order valence-corrected chi connectivity index (χ0v) is 14.0. The predicted molar refractivity (Wildman–Crippen MR) is 91.8 cm³/mol. The van der Waals surface area contributed by atoms with Crippen LogP contribution in [0, 0.1) is 5.82 Å². The topological polar surface area (TPSA) is 73.2 Å². The predicted octanol–water partition coefficient (Wildman–Crippen LogP) is 3.08. The molecule has 0 atom stereocenters. The largest absolute Gasteiger partial charge is 0.451 e. The van der Waals surface area contributed by atoms with E-state index in [1.54, 1.807) is 47.5 Å². The number of aryl methyl sites for hydroxylation is 1. The van der Waals surface area contributed by atoms with E-state index in [1.165, 1.54) is 23.5 Å². The first-order valence-corrected chi connectivity index (χ1v) is 8.20. The van der Waals surface area contributed by atoms with E-state index in [0.29, 0.717) is 16.5 Å². The van der Waals surface area contributed by atoms with Crippen LogP contribution >= 0.6 is 11.3 Å². The standard InChI is InChI=1S/C17H14FN3O3S/c1-21-8-2-3-14(21)16(23)24-9-15(22)20-17-19-13(10-25-17)11-4-6-12(18)7-5-11/h2-8,10H,9H2,1H3,(H,19,20,22). The number of nitrogens with zero attached hydrogens (tertiary/aromatic N) is 2. The van der Waals surface area contributed by atoms with E-state index in [0.717, 1.165) is 5.56 Å². The molecule has 0 aliphatic rings. The van der Waals surface area contributed by atoms with E-state index in [1.807, 2.05) is 0 Å². The maximum atomic E-state index is 12.9. The minimum atomic E-state index is -0.575. The van der Waals surface area contributed by atoms with Gasteiger partial charge in [0.2, 0.25) is 0 Å². The van der Waals surface area contributed by atoms with Gasteiger partial charge in [-0.25, -0.2) is 14.2 Å². The number of nitrogens with one attached hydrogen (secondary N) is 1. The fourth-order valence-corrected chi connectivity index (χ4v) is 2.85. The van der Waals surface area contributed by atoms with Crippen molar-refractivity contribution in [2.75, 3.05) is 11.9 Å². The van der Waals surface area contributed by atoms with Crippen LogP contribution in [0.2, 0.25) is 0 Å². The monoisotopic (exact) mass is 359 g/mol.